The molecule has 0 aromatic heterocycles. The van der Waals surface area contributed by atoms with Gasteiger partial charge in [-0.3, -0.25) is 13.9 Å². The summed E-state index contributed by atoms with van der Waals surface area (Å²) < 4.78 is 26.6. The van der Waals surface area contributed by atoms with Crippen LogP contribution in [-0.4, -0.2) is 50.0 Å². The van der Waals surface area contributed by atoms with Crippen molar-refractivity contribution in [2.45, 2.75) is 84.8 Å². The van der Waals surface area contributed by atoms with Gasteiger partial charge in [-0.25, -0.2) is 8.42 Å². The average Bonchev–Trinajstić information content (AvgIpc) is 3.34. The summed E-state index contributed by atoms with van der Waals surface area (Å²) in [5.41, 5.74) is 4.51. The topological polar surface area (TPSA) is 86.8 Å². The Bertz CT molecular complexity index is 1210. The van der Waals surface area contributed by atoms with Crippen molar-refractivity contribution in [1.29, 1.82) is 0 Å². The predicted molar refractivity (Wildman–Crippen MR) is 149 cm³/mol. The minimum atomic E-state index is -3.53. The highest BCUT2D eigenvalue weighted by Gasteiger charge is 2.29. The molecule has 3 rings (SSSR count). The summed E-state index contributed by atoms with van der Waals surface area (Å²) in [5, 5.41) is 3.12. The molecule has 7 nitrogen and oxygen atoms in total. The van der Waals surface area contributed by atoms with Crippen molar-refractivity contribution in [3.05, 3.63) is 64.7 Å². The summed E-state index contributed by atoms with van der Waals surface area (Å²) in [6, 6.07) is 13.1. The van der Waals surface area contributed by atoms with Crippen molar-refractivity contribution in [2.24, 2.45) is 0 Å². The number of amides is 2. The van der Waals surface area contributed by atoms with Gasteiger partial charge < -0.3 is 10.2 Å². The Kier molecular flexibility index (Phi) is 9.76. The molecule has 0 saturated heterocycles. The SMILES string of the molecule is Cc1ccc(C)c(N(CCCC(=O)N(Cc2ccccc2C)C(C)C(=O)NC2CCCC2)S(C)(=O)=O)c1. The van der Waals surface area contributed by atoms with Gasteiger partial charge in [-0.05, 0) is 75.3 Å². The lowest BCUT2D eigenvalue weighted by Crippen LogP contribution is -2.49. The first-order valence-corrected chi connectivity index (χ1v) is 15.0. The number of hydrogen-bond acceptors (Lipinski definition) is 4. The van der Waals surface area contributed by atoms with Crippen molar-refractivity contribution in [2.75, 3.05) is 17.1 Å². The molecule has 0 radical (unpaired) electrons. The lowest BCUT2D eigenvalue weighted by atomic mass is 10.1. The maximum Gasteiger partial charge on any atom is 0.242 e. The number of benzene rings is 2. The van der Waals surface area contributed by atoms with Gasteiger partial charge in [-0.2, -0.15) is 0 Å². The second-order valence-electron chi connectivity index (χ2n) is 10.3. The van der Waals surface area contributed by atoms with Crippen LogP contribution in [0.5, 0.6) is 0 Å². The first-order valence-electron chi connectivity index (χ1n) is 13.2. The molecule has 1 unspecified atom stereocenters. The van der Waals surface area contributed by atoms with Crippen molar-refractivity contribution < 1.29 is 18.0 Å². The molecule has 0 bridgehead atoms. The molecule has 37 heavy (non-hydrogen) atoms. The highest BCUT2D eigenvalue weighted by molar-refractivity contribution is 7.92. The van der Waals surface area contributed by atoms with Gasteiger partial charge in [-0.1, -0.05) is 49.2 Å². The van der Waals surface area contributed by atoms with E-state index in [1.165, 1.54) is 10.6 Å². The standard InChI is InChI=1S/C29H41N3O4S/c1-21-16-17-23(3)27(19-21)32(37(5,35)36)18-10-15-28(33)31(20-25-12-7-6-11-22(25)2)24(4)29(34)30-26-13-8-9-14-26/h6-7,11-12,16-17,19,24,26H,8-10,13-15,18,20H2,1-5H3,(H,30,34). The molecule has 2 aromatic rings. The summed E-state index contributed by atoms with van der Waals surface area (Å²) in [6.45, 7) is 8.10. The van der Waals surface area contributed by atoms with Crippen LogP contribution < -0.4 is 9.62 Å². The summed E-state index contributed by atoms with van der Waals surface area (Å²) >= 11 is 0. The Morgan fingerprint density at radius 3 is 2.35 bits per heavy atom. The molecular formula is C29H41N3O4S. The van der Waals surface area contributed by atoms with Crippen molar-refractivity contribution in [3.63, 3.8) is 0 Å². The number of carbonyl (C=O) groups is 2. The van der Waals surface area contributed by atoms with Crippen LogP contribution in [0, 0.1) is 20.8 Å². The number of nitrogens with zero attached hydrogens (tertiary/aromatic N) is 2. The lowest BCUT2D eigenvalue weighted by Gasteiger charge is -2.31. The van der Waals surface area contributed by atoms with E-state index in [0.29, 0.717) is 18.7 Å². The molecule has 2 aromatic carbocycles. The maximum absolute atomic E-state index is 13.5. The Hall–Kier alpha value is -2.87. The van der Waals surface area contributed by atoms with E-state index in [-0.39, 0.29) is 30.8 Å². The maximum atomic E-state index is 13.5. The Morgan fingerprint density at radius 1 is 1.03 bits per heavy atom. The van der Waals surface area contributed by atoms with Crippen LogP contribution in [0.3, 0.4) is 0 Å². The minimum Gasteiger partial charge on any atom is -0.352 e. The molecule has 202 valence electrons. The largest absolute Gasteiger partial charge is 0.352 e. The number of sulfonamides is 1. The van der Waals surface area contributed by atoms with Crippen LogP contribution in [-0.2, 0) is 26.2 Å². The Morgan fingerprint density at radius 2 is 1.70 bits per heavy atom. The Labute approximate surface area is 222 Å². The molecule has 1 fully saturated rings. The summed E-state index contributed by atoms with van der Waals surface area (Å²) in [4.78, 5) is 28.2. The third-order valence-corrected chi connectivity index (χ3v) is 8.44. The van der Waals surface area contributed by atoms with Crippen LogP contribution in [0.25, 0.3) is 0 Å². The zero-order valence-electron chi connectivity index (χ0n) is 22.8. The number of rotatable bonds is 11. The quantitative estimate of drug-likeness (QED) is 0.461. The minimum absolute atomic E-state index is 0.137. The highest BCUT2D eigenvalue weighted by Crippen LogP contribution is 2.25. The summed E-state index contributed by atoms with van der Waals surface area (Å²) in [5.74, 6) is -0.297. The number of aryl methyl sites for hydroxylation is 3. The van der Waals surface area contributed by atoms with E-state index in [2.05, 4.69) is 5.32 Å². The first kappa shape index (κ1) is 28.7. The second kappa shape index (κ2) is 12.6. The van der Waals surface area contributed by atoms with Crippen molar-refractivity contribution in [3.8, 4) is 0 Å². The van der Waals surface area contributed by atoms with Gasteiger partial charge in [0, 0.05) is 25.6 Å². The van der Waals surface area contributed by atoms with Gasteiger partial charge in [0.2, 0.25) is 21.8 Å². The fourth-order valence-electron chi connectivity index (χ4n) is 4.92. The second-order valence-corrected chi connectivity index (χ2v) is 12.2. The van der Waals surface area contributed by atoms with E-state index >= 15 is 0 Å². The van der Waals surface area contributed by atoms with Crippen LogP contribution in [0.1, 0.15) is 67.7 Å². The fraction of sp³-hybridized carbons (Fsp3) is 0.517. The van der Waals surface area contributed by atoms with Crippen LogP contribution in [0.2, 0.25) is 0 Å². The molecular weight excluding hydrogens is 486 g/mol. The molecule has 1 aliphatic carbocycles. The molecule has 1 N–H and O–H groups in total. The third-order valence-electron chi connectivity index (χ3n) is 7.26. The molecule has 8 heteroatoms. The van der Waals surface area contributed by atoms with Crippen LogP contribution in [0.15, 0.2) is 42.5 Å². The molecule has 0 aliphatic heterocycles. The van der Waals surface area contributed by atoms with Crippen molar-refractivity contribution >= 4 is 27.5 Å². The van der Waals surface area contributed by atoms with Crippen molar-refractivity contribution in [1.82, 2.24) is 10.2 Å². The fourth-order valence-corrected chi connectivity index (χ4v) is 5.93. The monoisotopic (exact) mass is 527 g/mol. The zero-order chi connectivity index (χ0) is 27.2. The number of nitrogens with one attached hydrogen (secondary N) is 1. The van der Waals surface area contributed by atoms with Gasteiger partial charge in [-0.15, -0.1) is 0 Å². The number of carbonyl (C=O) groups excluding carboxylic acids is 2. The smallest absolute Gasteiger partial charge is 0.242 e. The normalized spacial score (nSPS) is 14.8. The van der Waals surface area contributed by atoms with E-state index in [4.69, 9.17) is 0 Å². The van der Waals surface area contributed by atoms with E-state index in [9.17, 15) is 18.0 Å². The van der Waals surface area contributed by atoms with E-state index in [1.807, 2.05) is 63.2 Å². The zero-order valence-corrected chi connectivity index (χ0v) is 23.6. The van der Waals surface area contributed by atoms with Gasteiger partial charge in [0.05, 0.1) is 11.9 Å². The number of hydrogen-bond donors (Lipinski definition) is 1. The van der Waals surface area contributed by atoms with E-state index in [1.54, 1.807) is 11.8 Å². The molecule has 1 saturated carbocycles. The van der Waals surface area contributed by atoms with E-state index in [0.717, 1.165) is 47.9 Å². The summed E-state index contributed by atoms with van der Waals surface area (Å²) in [7, 11) is -3.53. The van der Waals surface area contributed by atoms with Gasteiger partial charge in [0.1, 0.15) is 6.04 Å². The van der Waals surface area contributed by atoms with Gasteiger partial charge in [0.15, 0.2) is 0 Å². The predicted octanol–water partition coefficient (Wildman–Crippen LogP) is 4.63. The number of anilines is 1. The van der Waals surface area contributed by atoms with Crippen LogP contribution in [0.4, 0.5) is 5.69 Å². The molecule has 0 heterocycles. The molecule has 2 amide bonds. The summed E-state index contributed by atoms with van der Waals surface area (Å²) in [6.07, 6.45) is 5.86. The van der Waals surface area contributed by atoms with Gasteiger partial charge in [0.25, 0.3) is 0 Å². The molecule has 1 aliphatic rings. The van der Waals surface area contributed by atoms with Crippen LogP contribution >= 0.6 is 0 Å². The third kappa shape index (κ3) is 7.81. The first-order chi connectivity index (χ1) is 17.5. The van der Waals surface area contributed by atoms with E-state index < -0.39 is 16.1 Å². The highest BCUT2D eigenvalue weighted by atomic mass is 32.2. The molecule has 0 spiro atoms. The van der Waals surface area contributed by atoms with Gasteiger partial charge >= 0.3 is 0 Å². The average molecular weight is 528 g/mol. The lowest BCUT2D eigenvalue weighted by molar-refractivity contribution is -0.141. The Balaban J connectivity index is 1.75. The molecule has 1 atom stereocenters.